The molecule has 1 atom stereocenters. The molecule has 2 aliphatic rings. The van der Waals surface area contributed by atoms with Gasteiger partial charge in [0.2, 0.25) is 5.91 Å². The van der Waals surface area contributed by atoms with E-state index in [0.29, 0.717) is 37.6 Å². The molecule has 156 valence electrons. The largest absolute Gasteiger partial charge is 0.497 e. The maximum Gasteiger partial charge on any atom is 0.292 e. The minimum Gasteiger partial charge on any atom is -0.497 e. The molecule has 2 saturated heterocycles. The van der Waals surface area contributed by atoms with Crippen molar-refractivity contribution in [2.75, 3.05) is 43.1 Å². The number of nitrogens with one attached hydrogen (secondary N) is 1. The van der Waals surface area contributed by atoms with Crippen LogP contribution in [0.4, 0.5) is 17.1 Å². The topological polar surface area (TPSA) is 97.4 Å². The standard InChI is InChI=1S/C21H22N4O5/c1-30-18-4-2-3-17(13-18)24-20(26)14-19(21(24)27)23-11-9-22(10-12-23)15-5-7-16(8-6-15)25(28)29/h2-8,13,19H,9-12,14H2,1H3/p+1/t19-/m0/s1. The number of amides is 2. The molecule has 0 aromatic heterocycles. The number of anilines is 2. The zero-order valence-electron chi connectivity index (χ0n) is 16.6. The van der Waals surface area contributed by atoms with Crippen LogP contribution in [0.25, 0.3) is 0 Å². The maximum absolute atomic E-state index is 13.0. The Balaban J connectivity index is 1.41. The summed E-state index contributed by atoms with van der Waals surface area (Å²) in [5.74, 6) is 0.233. The van der Waals surface area contributed by atoms with Gasteiger partial charge in [-0.2, -0.15) is 0 Å². The van der Waals surface area contributed by atoms with Crippen LogP contribution in [-0.2, 0) is 9.59 Å². The number of imide groups is 1. The van der Waals surface area contributed by atoms with E-state index in [2.05, 4.69) is 4.90 Å². The van der Waals surface area contributed by atoms with Crippen molar-refractivity contribution in [1.82, 2.24) is 0 Å². The van der Waals surface area contributed by atoms with Gasteiger partial charge in [-0.1, -0.05) is 6.07 Å². The van der Waals surface area contributed by atoms with Gasteiger partial charge in [-0.3, -0.25) is 19.7 Å². The molecule has 2 aliphatic heterocycles. The zero-order chi connectivity index (χ0) is 21.3. The number of carbonyl (C=O) groups excluding carboxylic acids is 2. The highest BCUT2D eigenvalue weighted by atomic mass is 16.6. The van der Waals surface area contributed by atoms with Gasteiger partial charge in [0.15, 0.2) is 6.04 Å². The molecule has 2 amide bonds. The Morgan fingerprint density at radius 3 is 2.40 bits per heavy atom. The third-order valence-electron chi connectivity index (χ3n) is 5.78. The second kappa shape index (κ2) is 8.11. The predicted octanol–water partition coefficient (Wildman–Crippen LogP) is 0.640. The predicted molar refractivity (Wildman–Crippen MR) is 110 cm³/mol. The number of nitro benzene ring substituents is 1. The SMILES string of the molecule is COc1cccc(N2C(=O)C[C@H]([NH+]3CCN(c4ccc([N+](=O)[O-])cc4)CC3)C2=O)c1. The van der Waals surface area contributed by atoms with E-state index in [9.17, 15) is 19.7 Å². The second-order valence-electron chi connectivity index (χ2n) is 7.44. The van der Waals surface area contributed by atoms with Crippen LogP contribution < -0.4 is 19.4 Å². The van der Waals surface area contributed by atoms with E-state index in [0.717, 1.165) is 10.6 Å². The smallest absolute Gasteiger partial charge is 0.292 e. The summed E-state index contributed by atoms with van der Waals surface area (Å²) in [4.78, 5) is 40.5. The number of rotatable bonds is 5. The van der Waals surface area contributed by atoms with Crippen LogP contribution >= 0.6 is 0 Å². The lowest BCUT2D eigenvalue weighted by atomic mass is 10.1. The fraction of sp³-hybridized carbons (Fsp3) is 0.333. The molecule has 9 heteroatoms. The number of non-ortho nitro benzene ring substituents is 1. The molecule has 0 bridgehead atoms. The van der Waals surface area contributed by atoms with Gasteiger partial charge < -0.3 is 14.5 Å². The molecule has 0 spiro atoms. The Bertz CT molecular complexity index is 970. The average Bonchev–Trinajstić information content (AvgIpc) is 3.07. The monoisotopic (exact) mass is 411 g/mol. The Morgan fingerprint density at radius 2 is 1.77 bits per heavy atom. The molecule has 1 N–H and O–H groups in total. The van der Waals surface area contributed by atoms with E-state index >= 15 is 0 Å². The first-order valence-electron chi connectivity index (χ1n) is 9.83. The maximum atomic E-state index is 13.0. The van der Waals surface area contributed by atoms with Crippen molar-refractivity contribution in [1.29, 1.82) is 0 Å². The Hall–Kier alpha value is -3.46. The van der Waals surface area contributed by atoms with Gasteiger partial charge in [-0.05, 0) is 24.3 Å². The summed E-state index contributed by atoms with van der Waals surface area (Å²) < 4.78 is 5.21. The first kappa shape index (κ1) is 19.8. The van der Waals surface area contributed by atoms with Crippen LogP contribution in [0.15, 0.2) is 48.5 Å². The Labute approximate surface area is 173 Å². The molecule has 0 radical (unpaired) electrons. The lowest BCUT2D eigenvalue weighted by molar-refractivity contribution is -0.915. The van der Waals surface area contributed by atoms with Crippen molar-refractivity contribution in [2.24, 2.45) is 0 Å². The number of piperazine rings is 1. The third-order valence-corrected chi connectivity index (χ3v) is 5.78. The van der Waals surface area contributed by atoms with E-state index in [1.165, 1.54) is 17.0 Å². The summed E-state index contributed by atoms with van der Waals surface area (Å²) in [5.41, 5.74) is 1.53. The van der Waals surface area contributed by atoms with Gasteiger partial charge in [0.1, 0.15) is 5.75 Å². The van der Waals surface area contributed by atoms with Gasteiger partial charge in [-0.25, -0.2) is 4.90 Å². The van der Waals surface area contributed by atoms with Crippen LogP contribution in [0.3, 0.4) is 0 Å². The molecule has 0 saturated carbocycles. The molecule has 2 aromatic rings. The number of benzene rings is 2. The highest BCUT2D eigenvalue weighted by Crippen LogP contribution is 2.26. The summed E-state index contributed by atoms with van der Waals surface area (Å²) in [6.45, 7) is 2.85. The molecule has 2 heterocycles. The summed E-state index contributed by atoms with van der Waals surface area (Å²) in [5, 5.41) is 10.8. The number of ether oxygens (including phenoxy) is 1. The van der Waals surface area contributed by atoms with Crippen molar-refractivity contribution in [3.8, 4) is 5.75 Å². The van der Waals surface area contributed by atoms with Crippen molar-refractivity contribution in [2.45, 2.75) is 12.5 Å². The number of hydrogen-bond donors (Lipinski definition) is 1. The summed E-state index contributed by atoms with van der Waals surface area (Å²) in [6.07, 6.45) is 0.197. The number of methoxy groups -OCH3 is 1. The fourth-order valence-corrected chi connectivity index (χ4v) is 4.16. The molecular formula is C21H23N4O5+. The van der Waals surface area contributed by atoms with Crippen LogP contribution in [0, 0.1) is 10.1 Å². The van der Waals surface area contributed by atoms with E-state index in [1.54, 1.807) is 43.5 Å². The van der Waals surface area contributed by atoms with Gasteiger partial charge >= 0.3 is 0 Å². The molecule has 9 nitrogen and oxygen atoms in total. The van der Waals surface area contributed by atoms with Crippen molar-refractivity contribution >= 4 is 28.9 Å². The first-order valence-corrected chi connectivity index (χ1v) is 9.83. The van der Waals surface area contributed by atoms with Crippen molar-refractivity contribution < 1.29 is 24.1 Å². The molecule has 2 fully saturated rings. The lowest BCUT2D eigenvalue weighted by Crippen LogP contribution is -3.19. The number of hydrogen-bond acceptors (Lipinski definition) is 6. The van der Waals surface area contributed by atoms with E-state index in [1.807, 2.05) is 0 Å². The summed E-state index contributed by atoms with van der Waals surface area (Å²) >= 11 is 0. The average molecular weight is 411 g/mol. The highest BCUT2D eigenvalue weighted by molar-refractivity contribution is 6.21. The minimum atomic E-state index is -0.414. The van der Waals surface area contributed by atoms with Crippen LogP contribution in [-0.4, -0.2) is 56.1 Å². The van der Waals surface area contributed by atoms with Gasteiger partial charge in [0.25, 0.3) is 11.6 Å². The minimum absolute atomic E-state index is 0.0655. The van der Waals surface area contributed by atoms with Crippen LogP contribution in [0.1, 0.15) is 6.42 Å². The van der Waals surface area contributed by atoms with Gasteiger partial charge in [0.05, 0.1) is 50.3 Å². The molecule has 0 aliphatic carbocycles. The quantitative estimate of drug-likeness (QED) is 0.441. The van der Waals surface area contributed by atoms with E-state index in [4.69, 9.17) is 4.74 Å². The van der Waals surface area contributed by atoms with E-state index < -0.39 is 4.92 Å². The summed E-state index contributed by atoms with van der Waals surface area (Å²) in [6, 6.07) is 13.1. The molecule has 4 rings (SSSR count). The first-order chi connectivity index (χ1) is 14.5. The molecular weight excluding hydrogens is 388 g/mol. The lowest BCUT2D eigenvalue weighted by Gasteiger charge is -2.35. The number of nitrogens with zero attached hydrogens (tertiary/aromatic N) is 3. The zero-order valence-corrected chi connectivity index (χ0v) is 16.6. The van der Waals surface area contributed by atoms with Gasteiger partial charge in [-0.15, -0.1) is 0 Å². The highest BCUT2D eigenvalue weighted by Gasteiger charge is 2.46. The second-order valence-corrected chi connectivity index (χ2v) is 7.44. The number of quaternary nitrogens is 1. The molecule has 0 unspecified atom stereocenters. The fourth-order valence-electron chi connectivity index (χ4n) is 4.16. The number of carbonyl (C=O) groups is 2. The van der Waals surface area contributed by atoms with Crippen LogP contribution in [0.2, 0.25) is 0 Å². The Morgan fingerprint density at radius 1 is 1.07 bits per heavy atom. The number of nitro groups is 1. The third kappa shape index (κ3) is 3.71. The molecule has 30 heavy (non-hydrogen) atoms. The summed E-state index contributed by atoms with van der Waals surface area (Å²) in [7, 11) is 1.55. The normalized spacial score (nSPS) is 20.0. The van der Waals surface area contributed by atoms with Crippen molar-refractivity contribution in [3.63, 3.8) is 0 Å². The van der Waals surface area contributed by atoms with Crippen LogP contribution in [0.5, 0.6) is 5.75 Å². The van der Waals surface area contributed by atoms with Crippen molar-refractivity contribution in [3.05, 3.63) is 58.6 Å². The Kier molecular flexibility index (Phi) is 5.37. The molecule has 2 aromatic carbocycles. The van der Waals surface area contributed by atoms with E-state index in [-0.39, 0.29) is 30.0 Å². The van der Waals surface area contributed by atoms with Gasteiger partial charge in [0, 0.05) is 23.9 Å².